The average molecular weight is 378 g/mol. The van der Waals surface area contributed by atoms with Crippen LogP contribution in [0.4, 0.5) is 5.69 Å². The molecule has 0 saturated carbocycles. The first kappa shape index (κ1) is 17.4. The normalized spacial score (nSPS) is 14.8. The number of carbonyl (C=O) groups excluding carboxylic acids is 1. The highest BCUT2D eigenvalue weighted by molar-refractivity contribution is 7.90. The Balaban J connectivity index is 1.57. The molecular formula is C17H16ClN3O3S. The molecule has 0 fully saturated rings. The number of sulfonamides is 1. The number of carbonyl (C=O) groups is 1. The van der Waals surface area contributed by atoms with Gasteiger partial charge in [0.15, 0.2) is 0 Å². The topological polar surface area (TPSA) is 87.6 Å². The molecule has 1 aliphatic heterocycles. The highest BCUT2D eigenvalue weighted by Gasteiger charge is 2.24. The van der Waals surface area contributed by atoms with Crippen LogP contribution in [0.15, 0.2) is 57.8 Å². The fourth-order valence-corrected chi connectivity index (χ4v) is 3.83. The van der Waals surface area contributed by atoms with Crippen LogP contribution >= 0.6 is 11.6 Å². The third-order valence-electron chi connectivity index (χ3n) is 3.64. The number of nitrogens with zero attached hydrogens (tertiary/aromatic N) is 1. The Morgan fingerprint density at radius 3 is 2.76 bits per heavy atom. The summed E-state index contributed by atoms with van der Waals surface area (Å²) >= 11 is 5.90. The predicted octanol–water partition coefficient (Wildman–Crippen LogP) is 2.95. The Labute approximate surface area is 151 Å². The van der Waals surface area contributed by atoms with E-state index in [4.69, 9.17) is 11.6 Å². The largest absolute Gasteiger partial charge is 0.352 e. The number of hydrogen-bond acceptors (Lipinski definition) is 4. The standard InChI is InChI=1S/C17H16ClN3O3S/c18-13-5-3-4-12(10-13)11-19-17(22)9-8-16-20-14-6-1-2-7-15(14)25(23,24)21-16/h1-7,10H,8-9,11H2,(H,19,22)(H,20,21). The zero-order valence-corrected chi connectivity index (χ0v) is 14.8. The Morgan fingerprint density at radius 2 is 1.96 bits per heavy atom. The van der Waals surface area contributed by atoms with E-state index in [0.717, 1.165) is 5.56 Å². The van der Waals surface area contributed by atoms with Gasteiger partial charge in [0.05, 0.1) is 5.69 Å². The molecule has 0 bridgehead atoms. The zero-order chi connectivity index (χ0) is 17.9. The SMILES string of the molecule is O=C(CCC1=NS(=O)(=O)c2ccccc2N1)NCc1cccc(Cl)c1. The second-order valence-electron chi connectivity index (χ2n) is 5.54. The summed E-state index contributed by atoms with van der Waals surface area (Å²) in [6.07, 6.45) is 0.332. The molecule has 0 radical (unpaired) electrons. The Morgan fingerprint density at radius 1 is 1.16 bits per heavy atom. The van der Waals surface area contributed by atoms with Crippen molar-refractivity contribution in [2.75, 3.05) is 5.32 Å². The molecule has 0 spiro atoms. The van der Waals surface area contributed by atoms with E-state index >= 15 is 0 Å². The lowest BCUT2D eigenvalue weighted by Gasteiger charge is -2.17. The Bertz CT molecular complexity index is 942. The molecule has 130 valence electrons. The number of benzene rings is 2. The number of para-hydroxylation sites is 1. The molecule has 8 heteroatoms. The van der Waals surface area contributed by atoms with Gasteiger partial charge in [-0.05, 0) is 29.8 Å². The lowest BCUT2D eigenvalue weighted by Crippen LogP contribution is -2.26. The molecule has 0 aromatic heterocycles. The minimum absolute atomic E-state index is 0.129. The van der Waals surface area contributed by atoms with Crippen LogP contribution in [0.1, 0.15) is 18.4 Å². The van der Waals surface area contributed by atoms with Crippen LogP contribution in [-0.4, -0.2) is 20.2 Å². The summed E-state index contributed by atoms with van der Waals surface area (Å²) in [6.45, 7) is 0.362. The van der Waals surface area contributed by atoms with E-state index < -0.39 is 10.0 Å². The minimum Gasteiger partial charge on any atom is -0.352 e. The summed E-state index contributed by atoms with van der Waals surface area (Å²) in [5.41, 5.74) is 1.37. The van der Waals surface area contributed by atoms with Gasteiger partial charge in [0.1, 0.15) is 10.7 Å². The maximum atomic E-state index is 12.1. The van der Waals surface area contributed by atoms with Crippen molar-refractivity contribution in [2.45, 2.75) is 24.3 Å². The lowest BCUT2D eigenvalue weighted by atomic mass is 10.2. The molecule has 1 heterocycles. The number of halogens is 1. The molecule has 0 unspecified atom stereocenters. The number of anilines is 1. The molecule has 25 heavy (non-hydrogen) atoms. The summed E-state index contributed by atoms with van der Waals surface area (Å²) in [5, 5.41) is 6.35. The van der Waals surface area contributed by atoms with Gasteiger partial charge in [-0.1, -0.05) is 35.9 Å². The summed E-state index contributed by atoms with van der Waals surface area (Å²) in [6, 6.07) is 13.8. The maximum absolute atomic E-state index is 12.1. The van der Waals surface area contributed by atoms with E-state index in [0.29, 0.717) is 17.3 Å². The van der Waals surface area contributed by atoms with Gasteiger partial charge in [-0.15, -0.1) is 4.40 Å². The summed E-state index contributed by atoms with van der Waals surface area (Å²) < 4.78 is 28.0. The van der Waals surface area contributed by atoms with E-state index in [-0.39, 0.29) is 29.5 Å². The van der Waals surface area contributed by atoms with Crippen molar-refractivity contribution in [1.82, 2.24) is 5.32 Å². The number of hydrogen-bond donors (Lipinski definition) is 2. The van der Waals surface area contributed by atoms with Gasteiger partial charge in [0.2, 0.25) is 5.91 Å². The van der Waals surface area contributed by atoms with Gasteiger partial charge in [-0.25, -0.2) is 0 Å². The number of fused-ring (bicyclic) bond motifs is 1. The quantitative estimate of drug-likeness (QED) is 0.838. The minimum atomic E-state index is -3.72. The number of nitrogens with one attached hydrogen (secondary N) is 2. The molecular weight excluding hydrogens is 362 g/mol. The van der Waals surface area contributed by atoms with Crippen molar-refractivity contribution in [3.63, 3.8) is 0 Å². The first-order chi connectivity index (χ1) is 11.9. The molecule has 6 nitrogen and oxygen atoms in total. The van der Waals surface area contributed by atoms with E-state index in [1.807, 2.05) is 12.1 Å². The summed E-state index contributed by atoms with van der Waals surface area (Å²) in [4.78, 5) is 12.1. The monoisotopic (exact) mass is 377 g/mol. The van der Waals surface area contributed by atoms with Crippen molar-refractivity contribution >= 4 is 39.1 Å². The van der Waals surface area contributed by atoms with Crippen LogP contribution in [0.25, 0.3) is 0 Å². The molecule has 2 aromatic rings. The average Bonchev–Trinajstić information content (AvgIpc) is 2.58. The van der Waals surface area contributed by atoms with Crippen molar-refractivity contribution in [1.29, 1.82) is 0 Å². The van der Waals surface area contributed by atoms with Gasteiger partial charge in [0.25, 0.3) is 10.0 Å². The highest BCUT2D eigenvalue weighted by atomic mass is 35.5. The van der Waals surface area contributed by atoms with Crippen LogP contribution in [0.3, 0.4) is 0 Å². The van der Waals surface area contributed by atoms with Crippen molar-refractivity contribution in [3.05, 3.63) is 59.1 Å². The summed E-state index contributed by atoms with van der Waals surface area (Å²) in [7, 11) is -3.72. The fourth-order valence-electron chi connectivity index (χ4n) is 2.44. The predicted molar refractivity (Wildman–Crippen MR) is 97.2 cm³/mol. The smallest absolute Gasteiger partial charge is 0.286 e. The first-order valence-electron chi connectivity index (χ1n) is 7.65. The van der Waals surface area contributed by atoms with Crippen LogP contribution in [0, 0.1) is 0 Å². The Hall–Kier alpha value is -2.38. The second kappa shape index (κ2) is 7.25. The number of rotatable bonds is 5. The lowest BCUT2D eigenvalue weighted by molar-refractivity contribution is -0.121. The number of amides is 1. The molecule has 0 saturated heterocycles. The molecule has 3 rings (SSSR count). The maximum Gasteiger partial charge on any atom is 0.286 e. The third-order valence-corrected chi connectivity index (χ3v) is 5.25. The van der Waals surface area contributed by atoms with E-state index in [9.17, 15) is 13.2 Å². The molecule has 0 atom stereocenters. The molecule has 2 aromatic carbocycles. The van der Waals surface area contributed by atoms with E-state index in [2.05, 4.69) is 15.0 Å². The van der Waals surface area contributed by atoms with Crippen LogP contribution < -0.4 is 10.6 Å². The van der Waals surface area contributed by atoms with Gasteiger partial charge < -0.3 is 10.6 Å². The molecule has 0 aliphatic carbocycles. The van der Waals surface area contributed by atoms with Crippen molar-refractivity contribution < 1.29 is 13.2 Å². The number of amidine groups is 1. The summed E-state index contributed by atoms with van der Waals surface area (Å²) in [5.74, 6) is 0.0670. The molecule has 2 N–H and O–H groups in total. The second-order valence-corrected chi connectivity index (χ2v) is 7.55. The van der Waals surface area contributed by atoms with E-state index in [1.165, 1.54) is 6.07 Å². The fraction of sp³-hybridized carbons (Fsp3) is 0.176. The first-order valence-corrected chi connectivity index (χ1v) is 9.47. The molecule has 1 amide bonds. The van der Waals surface area contributed by atoms with Gasteiger partial charge >= 0.3 is 0 Å². The van der Waals surface area contributed by atoms with Gasteiger partial charge in [-0.2, -0.15) is 8.42 Å². The zero-order valence-electron chi connectivity index (χ0n) is 13.2. The van der Waals surface area contributed by atoms with Gasteiger partial charge in [0, 0.05) is 24.4 Å². The highest BCUT2D eigenvalue weighted by Crippen LogP contribution is 2.27. The van der Waals surface area contributed by atoms with Crippen molar-refractivity contribution in [3.8, 4) is 0 Å². The Kier molecular flexibility index (Phi) is 5.06. The van der Waals surface area contributed by atoms with Gasteiger partial charge in [-0.3, -0.25) is 4.79 Å². The van der Waals surface area contributed by atoms with Crippen LogP contribution in [-0.2, 0) is 21.4 Å². The van der Waals surface area contributed by atoms with Crippen LogP contribution in [0.5, 0.6) is 0 Å². The van der Waals surface area contributed by atoms with Crippen LogP contribution in [0.2, 0.25) is 5.02 Å². The van der Waals surface area contributed by atoms with Crippen molar-refractivity contribution in [2.24, 2.45) is 4.40 Å². The third kappa shape index (κ3) is 4.37. The molecule has 1 aliphatic rings. The van der Waals surface area contributed by atoms with E-state index in [1.54, 1.807) is 30.3 Å².